The second-order valence-corrected chi connectivity index (χ2v) is 3.50. The standard InChI is InChI=1S/C10H9F3O/c11-10(12,13)8-5-6-3-1-2-4-7(6)9(8)14/h1-4,8-9,14H,5H2/t8-,9-/m0/s1. The molecule has 0 heterocycles. The Morgan fingerprint density at radius 3 is 2.43 bits per heavy atom. The lowest BCUT2D eigenvalue weighted by atomic mass is 10.0. The second kappa shape index (κ2) is 2.98. The number of benzene rings is 1. The molecule has 1 nitrogen and oxygen atoms in total. The summed E-state index contributed by atoms with van der Waals surface area (Å²) in [6, 6.07) is 6.50. The highest BCUT2D eigenvalue weighted by Crippen LogP contribution is 2.44. The van der Waals surface area contributed by atoms with Gasteiger partial charge in [-0.3, -0.25) is 0 Å². The van der Waals surface area contributed by atoms with Crippen LogP contribution < -0.4 is 0 Å². The summed E-state index contributed by atoms with van der Waals surface area (Å²) in [6.07, 6.45) is -5.83. The molecule has 2 atom stereocenters. The van der Waals surface area contributed by atoms with E-state index in [4.69, 9.17) is 0 Å². The first-order chi connectivity index (χ1) is 6.50. The molecule has 1 aliphatic rings. The molecular formula is C10H9F3O. The third kappa shape index (κ3) is 1.39. The van der Waals surface area contributed by atoms with Gasteiger partial charge < -0.3 is 5.11 Å². The molecule has 0 amide bonds. The SMILES string of the molecule is O[C@H]1c2ccccc2C[C@@H]1C(F)(F)F. The summed E-state index contributed by atoms with van der Waals surface area (Å²) in [4.78, 5) is 0. The third-order valence-corrected chi connectivity index (χ3v) is 2.62. The van der Waals surface area contributed by atoms with Crippen LogP contribution in [-0.4, -0.2) is 11.3 Å². The minimum atomic E-state index is -4.32. The fourth-order valence-corrected chi connectivity index (χ4v) is 1.87. The molecule has 0 unspecified atom stereocenters. The molecule has 0 radical (unpaired) electrons. The van der Waals surface area contributed by atoms with Crippen molar-refractivity contribution in [2.75, 3.05) is 0 Å². The Hall–Kier alpha value is -1.03. The van der Waals surface area contributed by atoms with E-state index in [1.54, 1.807) is 24.3 Å². The largest absolute Gasteiger partial charge is 0.394 e. The summed E-state index contributed by atoms with van der Waals surface area (Å²) in [6.45, 7) is 0. The molecule has 0 fully saturated rings. The van der Waals surface area contributed by atoms with Crippen LogP contribution in [0.15, 0.2) is 24.3 Å². The molecule has 0 saturated heterocycles. The quantitative estimate of drug-likeness (QED) is 0.685. The number of fused-ring (bicyclic) bond motifs is 1. The molecule has 1 N–H and O–H groups in total. The average molecular weight is 202 g/mol. The molecule has 14 heavy (non-hydrogen) atoms. The summed E-state index contributed by atoms with van der Waals surface area (Å²) in [5.41, 5.74) is 1.01. The van der Waals surface area contributed by atoms with Crippen LogP contribution in [0.4, 0.5) is 13.2 Å². The first kappa shape index (κ1) is 9.52. The summed E-state index contributed by atoms with van der Waals surface area (Å²) in [5, 5.41) is 9.46. The van der Waals surface area contributed by atoms with Gasteiger partial charge in [-0.25, -0.2) is 0 Å². The number of rotatable bonds is 0. The van der Waals surface area contributed by atoms with E-state index in [2.05, 4.69) is 0 Å². The van der Waals surface area contributed by atoms with Crippen molar-refractivity contribution in [3.8, 4) is 0 Å². The van der Waals surface area contributed by atoms with E-state index in [0.29, 0.717) is 11.1 Å². The van der Waals surface area contributed by atoms with Crippen molar-refractivity contribution in [3.63, 3.8) is 0 Å². The van der Waals surface area contributed by atoms with Crippen LogP contribution in [-0.2, 0) is 6.42 Å². The average Bonchev–Trinajstić information content (AvgIpc) is 2.44. The Morgan fingerprint density at radius 1 is 1.21 bits per heavy atom. The van der Waals surface area contributed by atoms with Crippen LogP contribution in [0.25, 0.3) is 0 Å². The topological polar surface area (TPSA) is 20.2 Å². The molecule has 0 aromatic heterocycles. The van der Waals surface area contributed by atoms with Gasteiger partial charge in [0.1, 0.15) is 0 Å². The van der Waals surface area contributed by atoms with Crippen molar-refractivity contribution in [2.24, 2.45) is 5.92 Å². The molecule has 0 bridgehead atoms. The highest BCUT2D eigenvalue weighted by Gasteiger charge is 2.48. The summed E-state index contributed by atoms with van der Waals surface area (Å²) < 4.78 is 37.2. The predicted molar refractivity (Wildman–Crippen MR) is 44.7 cm³/mol. The highest BCUT2D eigenvalue weighted by atomic mass is 19.4. The lowest BCUT2D eigenvalue weighted by molar-refractivity contribution is -0.196. The van der Waals surface area contributed by atoms with Gasteiger partial charge in [0.2, 0.25) is 0 Å². The molecule has 0 spiro atoms. The van der Waals surface area contributed by atoms with Gasteiger partial charge in [0, 0.05) is 0 Å². The highest BCUT2D eigenvalue weighted by molar-refractivity contribution is 5.34. The zero-order valence-corrected chi connectivity index (χ0v) is 7.25. The molecular weight excluding hydrogens is 193 g/mol. The number of aliphatic hydroxyl groups excluding tert-OH is 1. The van der Waals surface area contributed by atoms with Crippen LogP contribution in [0.5, 0.6) is 0 Å². The second-order valence-electron chi connectivity index (χ2n) is 3.50. The van der Waals surface area contributed by atoms with Gasteiger partial charge in [-0.05, 0) is 17.5 Å². The Bertz CT molecular complexity index is 345. The third-order valence-electron chi connectivity index (χ3n) is 2.62. The Kier molecular flexibility index (Phi) is 2.03. The van der Waals surface area contributed by atoms with E-state index in [0.717, 1.165) is 0 Å². The maximum Gasteiger partial charge on any atom is 0.394 e. The summed E-state index contributed by atoms with van der Waals surface area (Å²) in [5.74, 6) is -1.64. The molecule has 4 heteroatoms. The molecule has 0 aliphatic heterocycles. The zero-order chi connectivity index (χ0) is 10.3. The van der Waals surface area contributed by atoms with Gasteiger partial charge in [0.15, 0.2) is 0 Å². The van der Waals surface area contributed by atoms with E-state index >= 15 is 0 Å². The zero-order valence-electron chi connectivity index (χ0n) is 7.25. The van der Waals surface area contributed by atoms with Crippen molar-refractivity contribution < 1.29 is 18.3 Å². The lowest BCUT2D eigenvalue weighted by Crippen LogP contribution is -2.26. The minimum Gasteiger partial charge on any atom is -0.388 e. The van der Waals surface area contributed by atoms with Crippen LogP contribution in [0.2, 0.25) is 0 Å². The van der Waals surface area contributed by atoms with Gasteiger partial charge in [-0.2, -0.15) is 13.2 Å². The summed E-state index contributed by atoms with van der Waals surface area (Å²) >= 11 is 0. The number of halogens is 3. The van der Waals surface area contributed by atoms with Crippen molar-refractivity contribution in [1.29, 1.82) is 0 Å². The maximum atomic E-state index is 12.4. The summed E-state index contributed by atoms with van der Waals surface area (Å²) in [7, 11) is 0. The van der Waals surface area contributed by atoms with E-state index in [1.165, 1.54) is 0 Å². The molecule has 1 aromatic rings. The smallest absolute Gasteiger partial charge is 0.388 e. The van der Waals surface area contributed by atoms with E-state index in [-0.39, 0.29) is 6.42 Å². The molecule has 2 rings (SSSR count). The normalized spacial score (nSPS) is 26.3. The van der Waals surface area contributed by atoms with Crippen molar-refractivity contribution in [2.45, 2.75) is 18.7 Å². The number of aliphatic hydroxyl groups is 1. The Labute approximate surface area is 79.2 Å². The van der Waals surface area contributed by atoms with Crippen molar-refractivity contribution >= 4 is 0 Å². The van der Waals surface area contributed by atoms with Gasteiger partial charge in [-0.15, -0.1) is 0 Å². The van der Waals surface area contributed by atoms with Crippen LogP contribution >= 0.6 is 0 Å². The Morgan fingerprint density at radius 2 is 1.86 bits per heavy atom. The molecule has 0 saturated carbocycles. The molecule has 1 aromatic carbocycles. The first-order valence-corrected chi connectivity index (χ1v) is 4.32. The fraction of sp³-hybridized carbons (Fsp3) is 0.400. The molecule has 1 aliphatic carbocycles. The predicted octanol–water partition coefficient (Wildman–Crippen LogP) is 2.45. The van der Waals surface area contributed by atoms with E-state index < -0.39 is 18.2 Å². The number of hydrogen-bond acceptors (Lipinski definition) is 1. The van der Waals surface area contributed by atoms with Crippen LogP contribution in [0.1, 0.15) is 17.2 Å². The van der Waals surface area contributed by atoms with Crippen molar-refractivity contribution in [3.05, 3.63) is 35.4 Å². The first-order valence-electron chi connectivity index (χ1n) is 4.32. The van der Waals surface area contributed by atoms with Crippen LogP contribution in [0.3, 0.4) is 0 Å². The van der Waals surface area contributed by atoms with E-state index in [9.17, 15) is 18.3 Å². The lowest BCUT2D eigenvalue weighted by Gasteiger charge is -2.18. The molecule has 76 valence electrons. The van der Waals surface area contributed by atoms with Crippen molar-refractivity contribution in [1.82, 2.24) is 0 Å². The van der Waals surface area contributed by atoms with E-state index in [1.807, 2.05) is 0 Å². The minimum absolute atomic E-state index is 0.110. The van der Waals surface area contributed by atoms with Gasteiger partial charge in [0.05, 0.1) is 12.0 Å². The number of alkyl halides is 3. The number of hydrogen-bond donors (Lipinski definition) is 1. The van der Waals surface area contributed by atoms with Gasteiger partial charge in [0.25, 0.3) is 0 Å². The maximum absolute atomic E-state index is 12.4. The van der Waals surface area contributed by atoms with Gasteiger partial charge >= 0.3 is 6.18 Å². The van der Waals surface area contributed by atoms with Crippen LogP contribution in [0, 0.1) is 5.92 Å². The van der Waals surface area contributed by atoms with Gasteiger partial charge in [-0.1, -0.05) is 24.3 Å². The Balaban J connectivity index is 2.35. The monoisotopic (exact) mass is 202 g/mol. The fourth-order valence-electron chi connectivity index (χ4n) is 1.87.